The standard InChI is InChI=1S/C16H15FO3S/c1-2-20-16(18)15(12-6-4-3-5-7-12)21(19)14-10-8-13(17)9-11-14/h3-11,15H,2H2,1H3. The molecular formula is C16H15FO3S. The molecule has 0 spiro atoms. The summed E-state index contributed by atoms with van der Waals surface area (Å²) in [4.78, 5) is 12.5. The molecule has 0 aliphatic heterocycles. The zero-order valence-corrected chi connectivity index (χ0v) is 12.3. The molecule has 0 aromatic heterocycles. The number of hydrogen-bond acceptors (Lipinski definition) is 3. The number of benzene rings is 2. The Morgan fingerprint density at radius 2 is 1.76 bits per heavy atom. The van der Waals surface area contributed by atoms with Crippen LogP contribution in [-0.4, -0.2) is 16.8 Å². The summed E-state index contributed by atoms with van der Waals surface area (Å²) in [5.74, 6) is -0.963. The van der Waals surface area contributed by atoms with E-state index in [0.29, 0.717) is 10.5 Å². The molecule has 0 fully saturated rings. The maximum absolute atomic E-state index is 13.0. The smallest absolute Gasteiger partial charge is 0.326 e. The maximum atomic E-state index is 13.0. The van der Waals surface area contributed by atoms with Crippen LogP contribution in [0.4, 0.5) is 4.39 Å². The Morgan fingerprint density at radius 3 is 2.33 bits per heavy atom. The third-order valence-corrected chi connectivity index (χ3v) is 4.49. The highest BCUT2D eigenvalue weighted by atomic mass is 32.2. The number of halogens is 1. The summed E-state index contributed by atoms with van der Waals surface area (Å²) in [5.41, 5.74) is 0.610. The minimum Gasteiger partial charge on any atom is -0.465 e. The fourth-order valence-corrected chi connectivity index (χ4v) is 3.22. The Kier molecular flexibility index (Phi) is 5.22. The summed E-state index contributed by atoms with van der Waals surface area (Å²) in [5, 5.41) is -0.920. The Bertz CT molecular complexity index is 626. The van der Waals surface area contributed by atoms with Crippen molar-refractivity contribution in [2.24, 2.45) is 0 Å². The highest BCUT2D eigenvalue weighted by Gasteiger charge is 2.29. The van der Waals surface area contributed by atoms with Crippen molar-refractivity contribution >= 4 is 16.8 Å². The number of hydrogen-bond donors (Lipinski definition) is 0. The van der Waals surface area contributed by atoms with Crippen molar-refractivity contribution in [2.45, 2.75) is 17.1 Å². The fraction of sp³-hybridized carbons (Fsp3) is 0.188. The summed E-state index contributed by atoms with van der Waals surface area (Å²) >= 11 is 0. The van der Waals surface area contributed by atoms with Crippen LogP contribution in [0.25, 0.3) is 0 Å². The second-order valence-electron chi connectivity index (χ2n) is 4.29. The van der Waals surface area contributed by atoms with Gasteiger partial charge in [-0.2, -0.15) is 0 Å². The van der Waals surface area contributed by atoms with Crippen LogP contribution in [0.1, 0.15) is 17.7 Å². The summed E-state index contributed by atoms with van der Waals surface area (Å²) in [6, 6.07) is 14.1. The van der Waals surface area contributed by atoms with E-state index in [1.807, 2.05) is 6.07 Å². The molecule has 3 nitrogen and oxygen atoms in total. The second kappa shape index (κ2) is 7.13. The summed E-state index contributed by atoms with van der Waals surface area (Å²) in [6.07, 6.45) is 0. The van der Waals surface area contributed by atoms with Gasteiger partial charge in [0.05, 0.1) is 17.4 Å². The molecule has 0 radical (unpaired) electrons. The van der Waals surface area contributed by atoms with Crippen LogP contribution in [-0.2, 0) is 20.3 Å². The van der Waals surface area contributed by atoms with Gasteiger partial charge in [-0.3, -0.25) is 9.00 Å². The van der Waals surface area contributed by atoms with Gasteiger partial charge < -0.3 is 4.74 Å². The SMILES string of the molecule is CCOC(=O)C(c1ccccc1)S(=O)c1ccc(F)cc1. The predicted octanol–water partition coefficient (Wildman–Crippen LogP) is 3.24. The second-order valence-corrected chi connectivity index (χ2v) is 5.83. The van der Waals surface area contributed by atoms with Gasteiger partial charge in [-0.1, -0.05) is 30.3 Å². The van der Waals surface area contributed by atoms with E-state index in [1.165, 1.54) is 24.3 Å². The minimum atomic E-state index is -1.65. The average Bonchev–Trinajstić information content (AvgIpc) is 2.49. The van der Waals surface area contributed by atoms with Crippen LogP contribution in [0.15, 0.2) is 59.5 Å². The molecule has 0 aliphatic carbocycles. The molecular weight excluding hydrogens is 291 g/mol. The molecule has 2 atom stereocenters. The minimum absolute atomic E-state index is 0.211. The number of carbonyl (C=O) groups is 1. The normalized spacial score (nSPS) is 13.4. The molecule has 2 rings (SSSR count). The van der Waals surface area contributed by atoms with Crippen molar-refractivity contribution in [3.8, 4) is 0 Å². The molecule has 2 aromatic rings. The molecule has 110 valence electrons. The first-order valence-corrected chi connectivity index (χ1v) is 7.72. The van der Waals surface area contributed by atoms with E-state index in [-0.39, 0.29) is 6.61 Å². The van der Waals surface area contributed by atoms with Crippen molar-refractivity contribution in [1.29, 1.82) is 0 Å². The molecule has 5 heteroatoms. The Balaban J connectivity index is 2.37. The zero-order valence-electron chi connectivity index (χ0n) is 11.5. The van der Waals surface area contributed by atoms with E-state index in [4.69, 9.17) is 4.74 Å². The van der Waals surface area contributed by atoms with E-state index in [1.54, 1.807) is 31.2 Å². The summed E-state index contributed by atoms with van der Waals surface area (Å²) in [6.45, 7) is 1.91. The molecule has 21 heavy (non-hydrogen) atoms. The van der Waals surface area contributed by atoms with Gasteiger partial charge >= 0.3 is 5.97 Å². The first-order valence-electron chi connectivity index (χ1n) is 6.51. The van der Waals surface area contributed by atoms with Crippen molar-refractivity contribution in [2.75, 3.05) is 6.61 Å². The first-order chi connectivity index (χ1) is 10.1. The third-order valence-electron chi connectivity index (χ3n) is 2.86. The van der Waals surface area contributed by atoms with Crippen molar-refractivity contribution < 1.29 is 18.1 Å². The Morgan fingerprint density at radius 1 is 1.14 bits per heavy atom. The topological polar surface area (TPSA) is 43.4 Å². The van der Waals surface area contributed by atoms with Crippen LogP contribution >= 0.6 is 0 Å². The van der Waals surface area contributed by atoms with Crippen molar-refractivity contribution in [3.05, 3.63) is 66.0 Å². The van der Waals surface area contributed by atoms with Gasteiger partial charge in [0, 0.05) is 4.90 Å². The Hall–Kier alpha value is -2.01. The lowest BCUT2D eigenvalue weighted by Crippen LogP contribution is -2.20. The van der Waals surface area contributed by atoms with Gasteiger partial charge in [-0.05, 0) is 36.8 Å². The number of ether oxygens (including phenoxy) is 1. The predicted molar refractivity (Wildman–Crippen MR) is 78.6 cm³/mol. The molecule has 2 aromatic carbocycles. The molecule has 0 saturated heterocycles. The summed E-state index contributed by atoms with van der Waals surface area (Å²) in [7, 11) is -1.65. The molecule has 0 bridgehead atoms. The van der Waals surface area contributed by atoms with Crippen LogP contribution in [0.3, 0.4) is 0 Å². The molecule has 0 N–H and O–H groups in total. The number of carbonyl (C=O) groups excluding carboxylic acids is 1. The lowest BCUT2D eigenvalue weighted by Gasteiger charge is -2.15. The van der Waals surface area contributed by atoms with Crippen molar-refractivity contribution in [1.82, 2.24) is 0 Å². The van der Waals surface area contributed by atoms with E-state index < -0.39 is 27.8 Å². The first kappa shape index (κ1) is 15.4. The maximum Gasteiger partial charge on any atom is 0.326 e. The van der Waals surface area contributed by atoms with Crippen LogP contribution in [0.5, 0.6) is 0 Å². The lowest BCUT2D eigenvalue weighted by molar-refractivity contribution is -0.142. The summed E-state index contributed by atoms with van der Waals surface area (Å²) < 4.78 is 30.6. The monoisotopic (exact) mass is 306 g/mol. The van der Waals surface area contributed by atoms with E-state index in [9.17, 15) is 13.4 Å². The molecule has 2 unspecified atom stereocenters. The van der Waals surface area contributed by atoms with Crippen LogP contribution in [0, 0.1) is 5.82 Å². The highest BCUT2D eigenvalue weighted by Crippen LogP contribution is 2.26. The quantitative estimate of drug-likeness (QED) is 0.797. The van der Waals surface area contributed by atoms with Gasteiger partial charge in [0.15, 0.2) is 5.25 Å². The van der Waals surface area contributed by atoms with E-state index in [0.717, 1.165) is 0 Å². The van der Waals surface area contributed by atoms with Gasteiger partial charge in [0.1, 0.15) is 5.82 Å². The zero-order chi connectivity index (χ0) is 15.2. The third kappa shape index (κ3) is 3.76. The average molecular weight is 306 g/mol. The van der Waals surface area contributed by atoms with Gasteiger partial charge in [0.2, 0.25) is 0 Å². The molecule has 0 amide bonds. The van der Waals surface area contributed by atoms with Gasteiger partial charge in [-0.15, -0.1) is 0 Å². The van der Waals surface area contributed by atoms with E-state index >= 15 is 0 Å². The molecule has 0 aliphatic rings. The number of rotatable bonds is 5. The molecule has 0 saturated carbocycles. The Labute approximate surface area is 125 Å². The highest BCUT2D eigenvalue weighted by molar-refractivity contribution is 7.86. The van der Waals surface area contributed by atoms with Crippen LogP contribution < -0.4 is 0 Å². The largest absolute Gasteiger partial charge is 0.465 e. The fourth-order valence-electron chi connectivity index (χ4n) is 1.90. The van der Waals surface area contributed by atoms with Crippen LogP contribution in [0.2, 0.25) is 0 Å². The number of esters is 1. The van der Waals surface area contributed by atoms with E-state index in [2.05, 4.69) is 0 Å². The van der Waals surface area contributed by atoms with Crippen molar-refractivity contribution in [3.63, 3.8) is 0 Å². The molecule has 0 heterocycles. The lowest BCUT2D eigenvalue weighted by atomic mass is 10.1. The van der Waals surface area contributed by atoms with Gasteiger partial charge in [-0.25, -0.2) is 4.39 Å². The van der Waals surface area contributed by atoms with Gasteiger partial charge in [0.25, 0.3) is 0 Å².